The van der Waals surface area contributed by atoms with Gasteiger partial charge in [-0.15, -0.1) is 0 Å². The van der Waals surface area contributed by atoms with E-state index >= 15 is 0 Å². The van der Waals surface area contributed by atoms with E-state index in [-0.39, 0.29) is 12.1 Å². The summed E-state index contributed by atoms with van der Waals surface area (Å²) in [5.41, 5.74) is 2.88. The van der Waals surface area contributed by atoms with E-state index < -0.39 is 10.0 Å². The number of rotatable bonds is 4. The van der Waals surface area contributed by atoms with Gasteiger partial charge in [0.1, 0.15) is 0 Å². The minimum absolute atomic E-state index is 0.0664. The van der Waals surface area contributed by atoms with Gasteiger partial charge in [0.15, 0.2) is 0 Å². The second-order valence-electron chi connectivity index (χ2n) is 8.85. The second-order valence-corrected chi connectivity index (χ2v) is 10.8. The van der Waals surface area contributed by atoms with Crippen LogP contribution in [-0.4, -0.2) is 57.5 Å². The lowest BCUT2D eigenvalue weighted by atomic mass is 10.2. The first-order valence-electron chi connectivity index (χ1n) is 11.5. The standard InChI is InChI=1S/C24H30N4O3S/c29-24(25-20-6-4-5-7-20)28-13-12-19-18-22(10-11-23(19)28)32(30,31)27-16-14-26(15-17-27)21-8-2-1-3-9-21/h1-3,8-11,18,20H,4-7,12-17H2,(H,25,29). The smallest absolute Gasteiger partial charge is 0.322 e. The maximum atomic E-state index is 13.3. The lowest BCUT2D eigenvalue weighted by molar-refractivity contribution is 0.243. The van der Waals surface area contributed by atoms with E-state index in [1.807, 2.05) is 18.2 Å². The highest BCUT2D eigenvalue weighted by molar-refractivity contribution is 7.89. The molecule has 0 atom stereocenters. The molecule has 1 aliphatic carbocycles. The molecule has 8 heteroatoms. The van der Waals surface area contributed by atoms with Crippen LogP contribution in [0.2, 0.25) is 0 Å². The highest BCUT2D eigenvalue weighted by Gasteiger charge is 2.32. The summed E-state index contributed by atoms with van der Waals surface area (Å²) in [6, 6.07) is 15.5. The number of nitrogens with zero attached hydrogens (tertiary/aromatic N) is 3. The van der Waals surface area contributed by atoms with Crippen LogP contribution in [0, 0.1) is 0 Å². The Morgan fingerprint density at radius 3 is 2.34 bits per heavy atom. The highest BCUT2D eigenvalue weighted by Crippen LogP contribution is 2.32. The SMILES string of the molecule is O=C(NC1CCCC1)N1CCc2cc(S(=O)(=O)N3CCN(c4ccccc4)CC3)ccc21. The Labute approximate surface area is 190 Å². The van der Waals surface area contributed by atoms with E-state index in [2.05, 4.69) is 22.3 Å². The molecule has 170 valence electrons. The normalized spacial score (nSPS) is 19.9. The zero-order chi connectivity index (χ0) is 22.1. The number of nitrogens with one attached hydrogen (secondary N) is 1. The minimum Gasteiger partial charge on any atom is -0.369 e. The monoisotopic (exact) mass is 454 g/mol. The van der Waals surface area contributed by atoms with Gasteiger partial charge in [0.2, 0.25) is 10.0 Å². The molecule has 1 saturated heterocycles. The van der Waals surface area contributed by atoms with Gasteiger partial charge in [0.05, 0.1) is 4.90 Å². The molecular weight excluding hydrogens is 424 g/mol. The van der Waals surface area contributed by atoms with Gasteiger partial charge >= 0.3 is 6.03 Å². The van der Waals surface area contributed by atoms with Crippen molar-refractivity contribution in [2.24, 2.45) is 0 Å². The van der Waals surface area contributed by atoms with Gasteiger partial charge < -0.3 is 10.2 Å². The van der Waals surface area contributed by atoms with Crippen LogP contribution >= 0.6 is 0 Å². The maximum absolute atomic E-state index is 13.3. The van der Waals surface area contributed by atoms with Crippen LogP contribution in [0.4, 0.5) is 16.2 Å². The fraction of sp³-hybridized carbons (Fsp3) is 0.458. The number of hydrogen-bond acceptors (Lipinski definition) is 4. The maximum Gasteiger partial charge on any atom is 0.322 e. The number of fused-ring (bicyclic) bond motifs is 1. The Morgan fingerprint density at radius 2 is 1.62 bits per heavy atom. The molecule has 0 spiro atoms. The van der Waals surface area contributed by atoms with E-state index in [4.69, 9.17) is 0 Å². The van der Waals surface area contributed by atoms with Gasteiger partial charge in [-0.25, -0.2) is 13.2 Å². The fourth-order valence-corrected chi connectivity index (χ4v) is 6.52. The number of hydrogen-bond donors (Lipinski definition) is 1. The van der Waals surface area contributed by atoms with Crippen LogP contribution in [-0.2, 0) is 16.4 Å². The summed E-state index contributed by atoms with van der Waals surface area (Å²) in [5, 5.41) is 3.13. The van der Waals surface area contributed by atoms with Crippen LogP contribution < -0.4 is 15.1 Å². The van der Waals surface area contributed by atoms with Gasteiger partial charge in [-0.3, -0.25) is 4.90 Å². The first kappa shape index (κ1) is 21.3. The third kappa shape index (κ3) is 4.09. The number of carbonyl (C=O) groups excluding carboxylic acids is 1. The molecule has 3 aliphatic rings. The van der Waals surface area contributed by atoms with Crippen molar-refractivity contribution < 1.29 is 13.2 Å². The first-order valence-corrected chi connectivity index (χ1v) is 13.0. The summed E-state index contributed by atoms with van der Waals surface area (Å²) >= 11 is 0. The van der Waals surface area contributed by atoms with Crippen molar-refractivity contribution >= 4 is 27.4 Å². The predicted octanol–water partition coefficient (Wildman–Crippen LogP) is 3.21. The topological polar surface area (TPSA) is 73.0 Å². The molecule has 1 saturated carbocycles. The summed E-state index contributed by atoms with van der Waals surface area (Å²) in [4.78, 5) is 17.0. The van der Waals surface area contributed by atoms with E-state index in [0.29, 0.717) is 44.0 Å². The van der Waals surface area contributed by atoms with E-state index in [1.54, 1.807) is 27.4 Å². The summed E-state index contributed by atoms with van der Waals surface area (Å²) in [6.45, 7) is 2.86. The summed E-state index contributed by atoms with van der Waals surface area (Å²) in [5.74, 6) is 0. The molecular formula is C24H30N4O3S. The number of piperazine rings is 1. The average Bonchev–Trinajstić information content (AvgIpc) is 3.49. The van der Waals surface area contributed by atoms with Crippen molar-refractivity contribution in [2.45, 2.75) is 43.0 Å². The molecule has 0 bridgehead atoms. The van der Waals surface area contributed by atoms with Crippen LogP contribution in [0.3, 0.4) is 0 Å². The second kappa shape index (κ2) is 8.75. The number of amides is 2. The zero-order valence-electron chi connectivity index (χ0n) is 18.2. The fourth-order valence-electron chi connectivity index (χ4n) is 5.05. The third-order valence-corrected chi connectivity index (χ3v) is 8.77. The lowest BCUT2D eigenvalue weighted by Gasteiger charge is -2.35. The van der Waals surface area contributed by atoms with E-state index in [0.717, 1.165) is 29.8 Å². The average molecular weight is 455 g/mol. The number of para-hydroxylation sites is 1. The molecule has 0 unspecified atom stereocenters. The quantitative estimate of drug-likeness (QED) is 0.770. The molecule has 32 heavy (non-hydrogen) atoms. The van der Waals surface area contributed by atoms with Crippen molar-refractivity contribution in [2.75, 3.05) is 42.5 Å². The third-order valence-electron chi connectivity index (χ3n) is 6.87. The molecule has 2 aromatic rings. The van der Waals surface area contributed by atoms with Crippen LogP contribution in [0.25, 0.3) is 0 Å². The Hall–Kier alpha value is -2.58. The molecule has 5 rings (SSSR count). The van der Waals surface area contributed by atoms with E-state index in [1.165, 1.54) is 12.8 Å². The van der Waals surface area contributed by atoms with Gasteiger partial charge in [-0.05, 0) is 55.2 Å². The summed E-state index contributed by atoms with van der Waals surface area (Å²) in [7, 11) is -3.56. The molecule has 2 fully saturated rings. The summed E-state index contributed by atoms with van der Waals surface area (Å²) < 4.78 is 28.2. The number of benzene rings is 2. The minimum atomic E-state index is -3.56. The van der Waals surface area contributed by atoms with Crippen molar-refractivity contribution in [1.29, 1.82) is 0 Å². The molecule has 2 aromatic carbocycles. The lowest BCUT2D eigenvalue weighted by Crippen LogP contribution is -2.48. The number of sulfonamides is 1. The largest absolute Gasteiger partial charge is 0.369 e. The molecule has 7 nitrogen and oxygen atoms in total. The van der Waals surface area contributed by atoms with Gasteiger partial charge in [-0.2, -0.15) is 4.31 Å². The highest BCUT2D eigenvalue weighted by atomic mass is 32.2. The Balaban J connectivity index is 1.27. The van der Waals surface area contributed by atoms with Gasteiger partial charge in [-0.1, -0.05) is 31.0 Å². The number of urea groups is 1. The van der Waals surface area contributed by atoms with Crippen molar-refractivity contribution in [3.05, 3.63) is 54.1 Å². The molecule has 0 aromatic heterocycles. The Kier molecular flexibility index (Phi) is 5.82. The van der Waals surface area contributed by atoms with Crippen molar-refractivity contribution in [3.8, 4) is 0 Å². The number of anilines is 2. The molecule has 2 aliphatic heterocycles. The zero-order valence-corrected chi connectivity index (χ0v) is 19.1. The predicted molar refractivity (Wildman–Crippen MR) is 126 cm³/mol. The molecule has 2 amide bonds. The van der Waals surface area contributed by atoms with E-state index in [9.17, 15) is 13.2 Å². The first-order chi connectivity index (χ1) is 15.5. The molecule has 1 N–H and O–H groups in total. The van der Waals surface area contributed by atoms with Crippen molar-refractivity contribution in [1.82, 2.24) is 9.62 Å². The summed E-state index contributed by atoms with van der Waals surface area (Å²) in [6.07, 6.45) is 5.10. The molecule has 0 radical (unpaired) electrons. The van der Waals surface area contributed by atoms with Gasteiger partial charge in [0, 0.05) is 50.1 Å². The molecule has 2 heterocycles. The Morgan fingerprint density at radius 1 is 0.906 bits per heavy atom. The van der Waals surface area contributed by atoms with Crippen LogP contribution in [0.1, 0.15) is 31.2 Å². The van der Waals surface area contributed by atoms with Crippen LogP contribution in [0.5, 0.6) is 0 Å². The van der Waals surface area contributed by atoms with Crippen LogP contribution in [0.15, 0.2) is 53.4 Å². The van der Waals surface area contributed by atoms with Crippen molar-refractivity contribution in [3.63, 3.8) is 0 Å². The Bertz CT molecular complexity index is 1080. The van der Waals surface area contributed by atoms with Gasteiger partial charge in [0.25, 0.3) is 0 Å². The number of carbonyl (C=O) groups is 1.